The molecule has 1 aromatic rings. The highest BCUT2D eigenvalue weighted by Gasteiger charge is 2.17. The van der Waals surface area contributed by atoms with Gasteiger partial charge < -0.3 is 5.73 Å². The predicted octanol–water partition coefficient (Wildman–Crippen LogP) is 2.51. The average Bonchev–Trinajstić information content (AvgIpc) is 2.15. The van der Waals surface area contributed by atoms with E-state index in [9.17, 15) is 9.18 Å². The maximum Gasteiger partial charge on any atom is 0.176 e. The fourth-order valence-corrected chi connectivity index (χ4v) is 1.62. The first-order chi connectivity index (χ1) is 6.57. The van der Waals surface area contributed by atoms with E-state index in [1.165, 1.54) is 13.0 Å². The lowest BCUT2D eigenvalue weighted by Gasteiger charge is -2.10. The van der Waals surface area contributed by atoms with Gasteiger partial charge in [-0.2, -0.15) is 0 Å². The number of alkyl halides is 1. The predicted molar refractivity (Wildman–Crippen MR) is 54.4 cm³/mol. The molecule has 2 nitrogen and oxygen atoms in total. The molecule has 0 aliphatic heterocycles. The Morgan fingerprint density at radius 1 is 1.64 bits per heavy atom. The molecule has 76 valence electrons. The molecule has 1 unspecified atom stereocenters. The van der Waals surface area contributed by atoms with Crippen LogP contribution in [0.25, 0.3) is 0 Å². The summed E-state index contributed by atoms with van der Waals surface area (Å²) in [5.41, 5.74) is 5.71. The molecule has 0 spiro atoms. The normalized spacial score (nSPS) is 12.6. The van der Waals surface area contributed by atoms with Crippen molar-refractivity contribution in [2.24, 2.45) is 5.73 Å². The van der Waals surface area contributed by atoms with Crippen molar-refractivity contribution in [1.82, 2.24) is 0 Å². The molecule has 14 heavy (non-hydrogen) atoms. The van der Waals surface area contributed by atoms with Crippen molar-refractivity contribution in [3.63, 3.8) is 0 Å². The van der Waals surface area contributed by atoms with Crippen LogP contribution >= 0.6 is 11.6 Å². The van der Waals surface area contributed by atoms with E-state index in [0.717, 1.165) is 0 Å². The van der Waals surface area contributed by atoms with Crippen LogP contribution in [0.15, 0.2) is 18.2 Å². The molecule has 0 saturated heterocycles. The van der Waals surface area contributed by atoms with E-state index < -0.39 is 6.17 Å². The van der Waals surface area contributed by atoms with Gasteiger partial charge in [0.15, 0.2) is 5.78 Å². The number of hydrogen-bond donors (Lipinski definition) is 1. The Kier molecular flexibility index (Phi) is 3.61. The van der Waals surface area contributed by atoms with Crippen LogP contribution in [0.4, 0.5) is 4.39 Å². The zero-order valence-electron chi connectivity index (χ0n) is 7.76. The molecule has 0 saturated carbocycles. The summed E-state index contributed by atoms with van der Waals surface area (Å²) in [5.74, 6) is -0.299. The number of halogens is 2. The van der Waals surface area contributed by atoms with Gasteiger partial charge in [-0.1, -0.05) is 23.7 Å². The van der Waals surface area contributed by atoms with Crippen LogP contribution in [0, 0.1) is 0 Å². The highest BCUT2D eigenvalue weighted by molar-refractivity contribution is 6.32. The Labute approximate surface area is 86.9 Å². The summed E-state index contributed by atoms with van der Waals surface area (Å²) in [7, 11) is 0. The molecule has 0 aromatic heterocycles. The van der Waals surface area contributed by atoms with E-state index in [2.05, 4.69) is 0 Å². The molecule has 0 bridgehead atoms. The molecule has 0 fully saturated rings. The Balaban J connectivity index is 3.28. The molecular weight excluding hydrogens is 205 g/mol. The van der Waals surface area contributed by atoms with Crippen LogP contribution in [0.2, 0.25) is 5.02 Å². The van der Waals surface area contributed by atoms with Gasteiger partial charge in [0.2, 0.25) is 0 Å². The second kappa shape index (κ2) is 4.53. The summed E-state index contributed by atoms with van der Waals surface area (Å²) >= 11 is 5.79. The van der Waals surface area contributed by atoms with Crippen molar-refractivity contribution >= 4 is 17.4 Å². The monoisotopic (exact) mass is 215 g/mol. The van der Waals surface area contributed by atoms with Gasteiger partial charge in [0, 0.05) is 16.1 Å². The zero-order valence-corrected chi connectivity index (χ0v) is 8.51. The van der Waals surface area contributed by atoms with Gasteiger partial charge in [-0.05, 0) is 13.0 Å². The highest BCUT2D eigenvalue weighted by Crippen LogP contribution is 2.28. The Morgan fingerprint density at radius 2 is 2.29 bits per heavy atom. The topological polar surface area (TPSA) is 43.1 Å². The molecule has 0 aliphatic carbocycles. The number of nitrogens with two attached hydrogens (primary N) is 1. The smallest absolute Gasteiger partial charge is 0.176 e. The first-order valence-corrected chi connectivity index (χ1v) is 4.61. The van der Waals surface area contributed by atoms with Gasteiger partial charge in [-0.25, -0.2) is 4.39 Å². The van der Waals surface area contributed by atoms with Crippen LogP contribution < -0.4 is 5.73 Å². The van der Waals surface area contributed by atoms with Crippen LogP contribution in [0.3, 0.4) is 0 Å². The molecule has 0 aliphatic rings. The minimum atomic E-state index is -1.27. The fraction of sp³-hybridized carbons (Fsp3) is 0.300. The summed E-state index contributed by atoms with van der Waals surface area (Å²) in [5, 5.41) is 0.263. The minimum Gasteiger partial charge on any atom is -0.324 e. The van der Waals surface area contributed by atoms with Crippen LogP contribution in [-0.4, -0.2) is 12.3 Å². The van der Waals surface area contributed by atoms with E-state index in [0.29, 0.717) is 0 Å². The lowest BCUT2D eigenvalue weighted by atomic mass is 10.0. The Morgan fingerprint density at radius 3 is 2.79 bits per heavy atom. The first-order valence-electron chi connectivity index (χ1n) is 4.23. The van der Waals surface area contributed by atoms with Crippen molar-refractivity contribution in [1.29, 1.82) is 0 Å². The standard InChI is InChI=1S/C10H11ClFNO/c1-6(12)10-7(9(14)5-13)3-2-4-8(10)11/h2-4,6H,5,13H2,1H3. The van der Waals surface area contributed by atoms with Gasteiger partial charge in [-0.15, -0.1) is 0 Å². The van der Waals surface area contributed by atoms with Crippen molar-refractivity contribution in [2.45, 2.75) is 13.1 Å². The van der Waals surface area contributed by atoms with Crippen molar-refractivity contribution < 1.29 is 9.18 Å². The SMILES string of the molecule is CC(F)c1c(Cl)cccc1C(=O)CN. The molecule has 1 aromatic carbocycles. The maximum atomic E-state index is 13.2. The largest absolute Gasteiger partial charge is 0.324 e. The molecule has 1 atom stereocenters. The van der Waals surface area contributed by atoms with Gasteiger partial charge in [0.05, 0.1) is 6.54 Å². The van der Waals surface area contributed by atoms with Gasteiger partial charge in [-0.3, -0.25) is 4.79 Å². The van der Waals surface area contributed by atoms with E-state index in [4.69, 9.17) is 17.3 Å². The lowest BCUT2D eigenvalue weighted by molar-refractivity contribution is 0.0998. The van der Waals surface area contributed by atoms with E-state index in [1.54, 1.807) is 12.1 Å². The number of benzene rings is 1. The molecular formula is C10H11ClFNO. The van der Waals surface area contributed by atoms with Crippen molar-refractivity contribution in [3.8, 4) is 0 Å². The van der Waals surface area contributed by atoms with Crippen LogP contribution in [0.5, 0.6) is 0 Å². The highest BCUT2D eigenvalue weighted by atomic mass is 35.5. The Bertz CT molecular complexity index is 352. The van der Waals surface area contributed by atoms with E-state index >= 15 is 0 Å². The number of carbonyl (C=O) groups is 1. The Hall–Kier alpha value is -0.930. The van der Waals surface area contributed by atoms with Crippen molar-refractivity contribution in [2.75, 3.05) is 6.54 Å². The average molecular weight is 216 g/mol. The minimum absolute atomic E-state index is 0.139. The molecule has 0 radical (unpaired) electrons. The number of Topliss-reactive ketones (excluding diaryl/α,β-unsaturated/α-hetero) is 1. The quantitative estimate of drug-likeness (QED) is 0.788. The summed E-state index contributed by atoms with van der Waals surface area (Å²) in [4.78, 5) is 11.3. The molecule has 0 heterocycles. The van der Waals surface area contributed by atoms with Crippen molar-refractivity contribution in [3.05, 3.63) is 34.3 Å². The fourth-order valence-electron chi connectivity index (χ4n) is 1.29. The first kappa shape index (κ1) is 11.1. The molecule has 0 amide bonds. The molecule has 4 heteroatoms. The number of carbonyl (C=O) groups excluding carboxylic acids is 1. The maximum absolute atomic E-state index is 13.2. The number of hydrogen-bond acceptors (Lipinski definition) is 2. The lowest BCUT2D eigenvalue weighted by Crippen LogP contribution is -2.16. The third-order valence-corrected chi connectivity index (χ3v) is 2.27. The zero-order chi connectivity index (χ0) is 10.7. The third-order valence-electron chi connectivity index (χ3n) is 1.94. The summed E-state index contributed by atoms with van der Waals surface area (Å²) in [6, 6.07) is 4.70. The van der Waals surface area contributed by atoms with E-state index in [-0.39, 0.29) is 28.5 Å². The molecule has 2 N–H and O–H groups in total. The third kappa shape index (κ3) is 2.11. The van der Waals surface area contributed by atoms with Crippen LogP contribution in [0.1, 0.15) is 29.0 Å². The number of ketones is 1. The summed E-state index contributed by atoms with van der Waals surface area (Å²) < 4.78 is 13.2. The second-order valence-electron chi connectivity index (χ2n) is 2.94. The van der Waals surface area contributed by atoms with E-state index in [1.807, 2.05) is 0 Å². The number of rotatable bonds is 3. The molecule has 1 rings (SSSR count). The van der Waals surface area contributed by atoms with Crippen LogP contribution in [-0.2, 0) is 0 Å². The summed E-state index contributed by atoms with van der Waals surface area (Å²) in [6.07, 6.45) is -1.27. The van der Waals surface area contributed by atoms with Gasteiger partial charge >= 0.3 is 0 Å². The van der Waals surface area contributed by atoms with Gasteiger partial charge in [0.1, 0.15) is 6.17 Å². The second-order valence-corrected chi connectivity index (χ2v) is 3.35. The van der Waals surface area contributed by atoms with Gasteiger partial charge in [0.25, 0.3) is 0 Å². The summed E-state index contributed by atoms with van der Waals surface area (Å²) in [6.45, 7) is 1.20.